The van der Waals surface area contributed by atoms with E-state index < -0.39 is 12.1 Å². The fraction of sp³-hybridized carbons (Fsp3) is 0.240. The summed E-state index contributed by atoms with van der Waals surface area (Å²) in [6.07, 6.45) is 6.31. The molecule has 0 saturated heterocycles. The third-order valence-corrected chi connectivity index (χ3v) is 5.33. The molecule has 0 aliphatic heterocycles. The zero-order valence-corrected chi connectivity index (χ0v) is 19.2. The maximum atomic E-state index is 12.0. The average Bonchev–Trinajstić information content (AvgIpc) is 3.54. The van der Waals surface area contributed by atoms with Crippen LogP contribution in [0.5, 0.6) is 5.75 Å². The number of amides is 1. The van der Waals surface area contributed by atoms with E-state index in [4.69, 9.17) is 9.15 Å². The molecule has 0 spiro atoms. The number of aryl methyl sites for hydroxylation is 1. The fourth-order valence-electron chi connectivity index (χ4n) is 3.61. The molecular formula is C25H24N4O6. The summed E-state index contributed by atoms with van der Waals surface area (Å²) in [5.41, 5.74) is 2.65. The zero-order valence-electron chi connectivity index (χ0n) is 19.2. The Balaban J connectivity index is 1.49. The van der Waals surface area contributed by atoms with Crippen molar-refractivity contribution in [2.24, 2.45) is 0 Å². The molecule has 4 aromatic rings. The van der Waals surface area contributed by atoms with Gasteiger partial charge in [0, 0.05) is 29.6 Å². The van der Waals surface area contributed by atoms with Gasteiger partial charge in [-0.05, 0) is 31.9 Å². The number of carbonyl (C=O) groups excluding carboxylic acids is 1. The summed E-state index contributed by atoms with van der Waals surface area (Å²) in [5.74, 6) is 1.10. The Kier molecular flexibility index (Phi) is 7.20. The number of nitrogens with one attached hydrogen (secondary N) is 1. The number of nitrogens with zero attached hydrogens (tertiary/aromatic N) is 3. The van der Waals surface area contributed by atoms with Crippen LogP contribution in [0.4, 0.5) is 4.79 Å². The Morgan fingerprint density at radius 3 is 2.83 bits per heavy atom. The molecule has 180 valence electrons. The molecule has 0 radical (unpaired) electrons. The van der Waals surface area contributed by atoms with E-state index in [2.05, 4.69) is 25.0 Å². The van der Waals surface area contributed by atoms with Crippen LogP contribution in [0.1, 0.15) is 47.4 Å². The van der Waals surface area contributed by atoms with Crippen molar-refractivity contribution in [1.29, 1.82) is 0 Å². The summed E-state index contributed by atoms with van der Waals surface area (Å²) in [4.78, 5) is 32.2. The highest BCUT2D eigenvalue weighted by Gasteiger charge is 2.21. The number of allylic oxidation sites excluding steroid dienone is 1. The van der Waals surface area contributed by atoms with E-state index in [0.717, 1.165) is 16.6 Å². The standard InChI is InChI=1S/C25H24N4O6/c1-15-8-9-16-12-17(22(33-2)13-20(16)27-15)23-14-26-24(35-23)19(28-25(31)32)6-4-3-5-7-21(30)18-10-11-34-29-18/h3-4,8-14,19,28H,5-7H2,1-2H3,(H,31,32). The zero-order chi connectivity index (χ0) is 24.8. The van der Waals surface area contributed by atoms with Gasteiger partial charge in [-0.3, -0.25) is 9.78 Å². The predicted molar refractivity (Wildman–Crippen MR) is 126 cm³/mol. The number of carboxylic acid groups (broad SMARTS) is 1. The third kappa shape index (κ3) is 5.72. The monoisotopic (exact) mass is 476 g/mol. The van der Waals surface area contributed by atoms with Gasteiger partial charge in [0.05, 0.1) is 24.4 Å². The van der Waals surface area contributed by atoms with Crippen LogP contribution in [0.3, 0.4) is 0 Å². The highest BCUT2D eigenvalue weighted by atomic mass is 16.5. The van der Waals surface area contributed by atoms with Gasteiger partial charge in [0.2, 0.25) is 5.89 Å². The van der Waals surface area contributed by atoms with E-state index in [1.165, 1.54) is 18.5 Å². The number of aromatic nitrogens is 3. The van der Waals surface area contributed by atoms with Crippen molar-refractivity contribution in [2.75, 3.05) is 7.11 Å². The second-order valence-corrected chi connectivity index (χ2v) is 7.82. The van der Waals surface area contributed by atoms with Gasteiger partial charge in [-0.2, -0.15) is 0 Å². The molecule has 0 aliphatic carbocycles. The van der Waals surface area contributed by atoms with Crippen LogP contribution in [0.15, 0.2) is 63.9 Å². The molecule has 1 unspecified atom stereocenters. The van der Waals surface area contributed by atoms with Crippen LogP contribution in [0, 0.1) is 6.92 Å². The van der Waals surface area contributed by atoms with Gasteiger partial charge in [-0.1, -0.05) is 23.4 Å². The van der Waals surface area contributed by atoms with Crippen LogP contribution in [-0.2, 0) is 0 Å². The number of benzene rings is 1. The topological polar surface area (TPSA) is 141 Å². The molecule has 4 rings (SSSR count). The number of ether oxygens (including phenoxy) is 1. The second kappa shape index (κ2) is 10.6. The lowest BCUT2D eigenvalue weighted by Gasteiger charge is -2.11. The Bertz CT molecular complexity index is 1360. The second-order valence-electron chi connectivity index (χ2n) is 7.82. The van der Waals surface area contributed by atoms with E-state index >= 15 is 0 Å². The van der Waals surface area contributed by atoms with Crippen LogP contribution >= 0.6 is 0 Å². The first-order valence-electron chi connectivity index (χ1n) is 10.9. The van der Waals surface area contributed by atoms with Crippen LogP contribution < -0.4 is 10.1 Å². The Morgan fingerprint density at radius 1 is 1.23 bits per heavy atom. The lowest BCUT2D eigenvalue weighted by atomic mass is 10.1. The SMILES string of the molecule is COc1cc2nc(C)ccc2cc1-c1cnc(C(CC=CCCC(=O)c2ccon2)NC(=O)O)o1. The fourth-order valence-corrected chi connectivity index (χ4v) is 3.61. The van der Waals surface area contributed by atoms with Gasteiger partial charge in [0.1, 0.15) is 23.7 Å². The van der Waals surface area contributed by atoms with Crippen LogP contribution in [0.2, 0.25) is 0 Å². The summed E-state index contributed by atoms with van der Waals surface area (Å²) >= 11 is 0. The first-order valence-corrected chi connectivity index (χ1v) is 10.9. The van der Waals surface area contributed by atoms with Gasteiger partial charge in [0.15, 0.2) is 11.5 Å². The number of fused-ring (bicyclic) bond motifs is 1. The molecule has 0 saturated carbocycles. The Hall–Kier alpha value is -4.47. The van der Waals surface area contributed by atoms with Crippen LogP contribution in [-0.4, -0.2) is 39.2 Å². The summed E-state index contributed by atoms with van der Waals surface area (Å²) < 4.78 is 16.2. The van der Waals surface area contributed by atoms with Crippen molar-refractivity contribution in [3.63, 3.8) is 0 Å². The van der Waals surface area contributed by atoms with E-state index in [1.807, 2.05) is 31.2 Å². The summed E-state index contributed by atoms with van der Waals surface area (Å²) in [5, 5.41) is 16.2. The highest BCUT2D eigenvalue weighted by molar-refractivity contribution is 5.94. The average molecular weight is 476 g/mol. The molecule has 3 aromatic heterocycles. The molecule has 0 fully saturated rings. The molecule has 10 nitrogen and oxygen atoms in total. The number of rotatable bonds is 10. The normalized spacial score (nSPS) is 12.2. The molecule has 2 N–H and O–H groups in total. The number of methoxy groups -OCH3 is 1. The predicted octanol–water partition coefficient (Wildman–Crippen LogP) is 5.11. The number of hydrogen-bond acceptors (Lipinski definition) is 8. The minimum Gasteiger partial charge on any atom is -0.496 e. The summed E-state index contributed by atoms with van der Waals surface area (Å²) in [7, 11) is 1.56. The van der Waals surface area contributed by atoms with Gasteiger partial charge in [-0.25, -0.2) is 9.78 Å². The highest BCUT2D eigenvalue weighted by Crippen LogP contribution is 2.35. The number of oxazole rings is 1. The van der Waals surface area contributed by atoms with E-state index in [-0.39, 0.29) is 23.8 Å². The maximum Gasteiger partial charge on any atom is 0.405 e. The molecule has 1 aromatic carbocycles. The van der Waals surface area contributed by atoms with Crippen molar-refractivity contribution < 1.29 is 28.4 Å². The maximum absolute atomic E-state index is 12.0. The van der Waals surface area contributed by atoms with Crippen molar-refractivity contribution in [3.05, 3.63) is 72.2 Å². The van der Waals surface area contributed by atoms with Gasteiger partial charge in [0.25, 0.3) is 0 Å². The number of ketones is 1. The van der Waals surface area contributed by atoms with Crippen molar-refractivity contribution >= 4 is 22.8 Å². The lowest BCUT2D eigenvalue weighted by Crippen LogP contribution is -2.26. The lowest BCUT2D eigenvalue weighted by molar-refractivity contribution is 0.0975. The molecule has 3 heterocycles. The molecule has 1 amide bonds. The number of Topliss-reactive ketones (excluding diaryl/α,β-unsaturated/α-hetero) is 1. The molecular weight excluding hydrogens is 452 g/mol. The van der Waals surface area contributed by atoms with E-state index in [0.29, 0.717) is 29.9 Å². The first-order chi connectivity index (χ1) is 16.9. The number of carbonyl (C=O) groups is 2. The van der Waals surface area contributed by atoms with Crippen LogP contribution in [0.25, 0.3) is 22.2 Å². The minimum atomic E-state index is -1.20. The number of hydrogen-bond donors (Lipinski definition) is 2. The van der Waals surface area contributed by atoms with Crippen molar-refractivity contribution in [1.82, 2.24) is 20.4 Å². The number of pyridine rings is 1. The molecule has 1 atom stereocenters. The minimum absolute atomic E-state index is 0.129. The van der Waals surface area contributed by atoms with Crippen molar-refractivity contribution in [2.45, 2.75) is 32.2 Å². The van der Waals surface area contributed by atoms with Gasteiger partial charge in [-0.15, -0.1) is 0 Å². The largest absolute Gasteiger partial charge is 0.496 e. The molecule has 0 aliphatic rings. The Labute approximate surface area is 200 Å². The quantitative estimate of drug-likeness (QED) is 0.236. The van der Waals surface area contributed by atoms with Crippen molar-refractivity contribution in [3.8, 4) is 17.1 Å². The van der Waals surface area contributed by atoms with Gasteiger partial charge >= 0.3 is 6.09 Å². The third-order valence-electron chi connectivity index (χ3n) is 5.33. The first kappa shape index (κ1) is 23.7. The van der Waals surface area contributed by atoms with Gasteiger partial charge < -0.3 is 24.1 Å². The summed E-state index contributed by atoms with van der Waals surface area (Å²) in [6, 6.07) is 8.42. The smallest absolute Gasteiger partial charge is 0.405 e. The molecule has 10 heteroatoms. The Morgan fingerprint density at radius 2 is 2.09 bits per heavy atom. The molecule has 35 heavy (non-hydrogen) atoms. The van der Waals surface area contributed by atoms with E-state index in [1.54, 1.807) is 19.3 Å². The van der Waals surface area contributed by atoms with E-state index in [9.17, 15) is 14.7 Å². The summed E-state index contributed by atoms with van der Waals surface area (Å²) in [6.45, 7) is 1.92. The molecule has 0 bridgehead atoms.